The highest BCUT2D eigenvalue weighted by Gasteiger charge is 2.03. The predicted molar refractivity (Wildman–Crippen MR) is 65.4 cm³/mol. The van der Waals surface area contributed by atoms with Crippen LogP contribution in [0.1, 0.15) is 16.7 Å². The fraction of sp³-hybridized carbons (Fsp3) is 0.250. The zero-order valence-electron chi connectivity index (χ0n) is 9.15. The lowest BCUT2D eigenvalue weighted by molar-refractivity contribution is 0.686. The van der Waals surface area contributed by atoms with E-state index in [4.69, 9.17) is 17.3 Å². The first-order valence-corrected chi connectivity index (χ1v) is 5.53. The van der Waals surface area contributed by atoms with Gasteiger partial charge in [0.15, 0.2) is 0 Å². The summed E-state index contributed by atoms with van der Waals surface area (Å²) in [7, 11) is 0. The minimum atomic E-state index is 0.515. The lowest BCUT2D eigenvalue weighted by Crippen LogP contribution is -2.02. The lowest BCUT2D eigenvalue weighted by Gasteiger charge is -2.06. The molecule has 0 radical (unpaired) electrons. The number of hydrogen-bond donors (Lipinski definition) is 1. The molecule has 0 spiro atoms. The van der Waals surface area contributed by atoms with E-state index in [0.29, 0.717) is 13.1 Å². The first-order chi connectivity index (χ1) is 7.69. The van der Waals surface area contributed by atoms with Gasteiger partial charge in [0.05, 0.1) is 12.7 Å². The molecule has 0 bridgehead atoms. The maximum Gasteiger partial charge on any atom is 0.0673 e. The number of nitrogens with two attached hydrogens (primary N) is 1. The Morgan fingerprint density at radius 1 is 1.44 bits per heavy atom. The van der Waals surface area contributed by atoms with E-state index in [-0.39, 0.29) is 0 Å². The third kappa shape index (κ3) is 2.43. The molecule has 2 N–H and O–H groups in total. The highest BCUT2D eigenvalue weighted by Crippen LogP contribution is 2.18. The highest BCUT2D eigenvalue weighted by molar-refractivity contribution is 6.31. The zero-order valence-corrected chi connectivity index (χ0v) is 9.91. The molecule has 2 aromatic rings. The van der Waals surface area contributed by atoms with E-state index in [9.17, 15) is 0 Å². The summed E-state index contributed by atoms with van der Waals surface area (Å²) in [6.07, 6.45) is 3.83. The Balaban J connectivity index is 2.21. The quantitative estimate of drug-likeness (QED) is 0.888. The molecule has 1 heterocycles. The van der Waals surface area contributed by atoms with Crippen LogP contribution in [0.5, 0.6) is 0 Å². The number of nitrogens with zero attached hydrogens (tertiary/aromatic N) is 2. The molecule has 0 saturated heterocycles. The fourth-order valence-corrected chi connectivity index (χ4v) is 1.84. The van der Waals surface area contributed by atoms with Crippen molar-refractivity contribution < 1.29 is 0 Å². The second-order valence-corrected chi connectivity index (χ2v) is 4.25. The van der Waals surface area contributed by atoms with E-state index in [2.05, 4.69) is 5.10 Å². The monoisotopic (exact) mass is 235 g/mol. The van der Waals surface area contributed by atoms with Gasteiger partial charge < -0.3 is 5.73 Å². The van der Waals surface area contributed by atoms with Crippen LogP contribution in [0.2, 0.25) is 5.02 Å². The molecular formula is C12H14ClN3. The first kappa shape index (κ1) is 11.2. The first-order valence-electron chi connectivity index (χ1n) is 5.15. The molecule has 84 valence electrons. The van der Waals surface area contributed by atoms with Crippen molar-refractivity contribution in [2.24, 2.45) is 5.73 Å². The van der Waals surface area contributed by atoms with Gasteiger partial charge in [-0.1, -0.05) is 23.7 Å². The van der Waals surface area contributed by atoms with Crippen molar-refractivity contribution in [2.45, 2.75) is 20.0 Å². The van der Waals surface area contributed by atoms with E-state index < -0.39 is 0 Å². The Morgan fingerprint density at radius 2 is 2.25 bits per heavy atom. The number of aromatic nitrogens is 2. The van der Waals surface area contributed by atoms with Gasteiger partial charge in [-0.15, -0.1) is 0 Å². The van der Waals surface area contributed by atoms with Crippen molar-refractivity contribution in [1.82, 2.24) is 9.78 Å². The van der Waals surface area contributed by atoms with Gasteiger partial charge in [0.2, 0.25) is 0 Å². The molecule has 0 amide bonds. The Labute approximate surface area is 99.8 Å². The predicted octanol–water partition coefficient (Wildman–Crippen LogP) is 2.35. The number of hydrogen-bond acceptors (Lipinski definition) is 2. The molecule has 4 heteroatoms. The molecule has 1 aromatic heterocycles. The van der Waals surface area contributed by atoms with Crippen molar-refractivity contribution in [3.05, 3.63) is 52.3 Å². The van der Waals surface area contributed by atoms with Gasteiger partial charge in [0.1, 0.15) is 0 Å². The average molecular weight is 236 g/mol. The van der Waals surface area contributed by atoms with Crippen LogP contribution in [0.15, 0.2) is 30.6 Å². The summed E-state index contributed by atoms with van der Waals surface area (Å²) < 4.78 is 1.87. The third-order valence-electron chi connectivity index (χ3n) is 2.45. The summed E-state index contributed by atoms with van der Waals surface area (Å²) in [5, 5.41) is 4.97. The molecular weight excluding hydrogens is 222 g/mol. The van der Waals surface area contributed by atoms with Crippen LogP contribution in [0, 0.1) is 6.92 Å². The SMILES string of the molecule is Cc1cnn(Cc2ccc(CN)cc2Cl)c1. The standard InChI is InChI=1S/C12H14ClN3/c1-9-6-15-16(7-9)8-11-3-2-10(5-14)4-12(11)13/h2-4,6-7H,5,8,14H2,1H3. The van der Waals surface area contributed by atoms with Gasteiger partial charge in [-0.05, 0) is 29.7 Å². The van der Waals surface area contributed by atoms with Crippen LogP contribution < -0.4 is 5.73 Å². The van der Waals surface area contributed by atoms with Crippen molar-refractivity contribution >= 4 is 11.6 Å². The number of rotatable bonds is 3. The van der Waals surface area contributed by atoms with Gasteiger partial charge in [0.25, 0.3) is 0 Å². The Bertz CT molecular complexity index is 491. The van der Waals surface area contributed by atoms with E-state index in [0.717, 1.165) is 21.7 Å². The molecule has 0 aliphatic carbocycles. The molecule has 0 fully saturated rings. The molecule has 0 aliphatic rings. The third-order valence-corrected chi connectivity index (χ3v) is 2.80. The van der Waals surface area contributed by atoms with Crippen molar-refractivity contribution in [3.8, 4) is 0 Å². The van der Waals surface area contributed by atoms with E-state index in [1.54, 1.807) is 0 Å². The van der Waals surface area contributed by atoms with E-state index in [1.807, 2.05) is 42.2 Å². The molecule has 3 nitrogen and oxygen atoms in total. The minimum absolute atomic E-state index is 0.515. The summed E-state index contributed by atoms with van der Waals surface area (Å²) in [6.45, 7) is 3.22. The minimum Gasteiger partial charge on any atom is -0.326 e. The largest absolute Gasteiger partial charge is 0.326 e. The number of aryl methyl sites for hydroxylation is 1. The van der Waals surface area contributed by atoms with Gasteiger partial charge >= 0.3 is 0 Å². The second-order valence-electron chi connectivity index (χ2n) is 3.85. The Hall–Kier alpha value is -1.32. The molecule has 1 aromatic carbocycles. The van der Waals surface area contributed by atoms with E-state index >= 15 is 0 Å². The second kappa shape index (κ2) is 4.68. The molecule has 0 saturated carbocycles. The number of halogens is 1. The maximum absolute atomic E-state index is 6.17. The molecule has 2 rings (SSSR count). The average Bonchev–Trinajstić information content (AvgIpc) is 2.67. The van der Waals surface area contributed by atoms with Crippen LogP contribution in [0.3, 0.4) is 0 Å². The van der Waals surface area contributed by atoms with Gasteiger partial charge in [0, 0.05) is 17.8 Å². The van der Waals surface area contributed by atoms with Crippen molar-refractivity contribution in [2.75, 3.05) is 0 Å². The molecule has 0 unspecified atom stereocenters. The smallest absolute Gasteiger partial charge is 0.0673 e. The fourth-order valence-electron chi connectivity index (χ4n) is 1.57. The van der Waals surface area contributed by atoms with Crippen LogP contribution in [0.4, 0.5) is 0 Å². The molecule has 16 heavy (non-hydrogen) atoms. The molecule has 0 aliphatic heterocycles. The van der Waals surface area contributed by atoms with Crippen LogP contribution >= 0.6 is 11.6 Å². The normalized spacial score (nSPS) is 10.7. The Kier molecular flexibility index (Phi) is 3.27. The van der Waals surface area contributed by atoms with Gasteiger partial charge in [-0.3, -0.25) is 4.68 Å². The summed E-state index contributed by atoms with van der Waals surface area (Å²) in [6, 6.07) is 5.91. The highest BCUT2D eigenvalue weighted by atomic mass is 35.5. The topological polar surface area (TPSA) is 43.8 Å². The maximum atomic E-state index is 6.17. The molecule has 0 atom stereocenters. The van der Waals surface area contributed by atoms with E-state index in [1.165, 1.54) is 0 Å². The lowest BCUT2D eigenvalue weighted by atomic mass is 10.1. The summed E-state index contributed by atoms with van der Waals surface area (Å²) in [5.41, 5.74) is 8.80. The number of benzene rings is 1. The van der Waals surface area contributed by atoms with Crippen LogP contribution in [-0.4, -0.2) is 9.78 Å². The van der Waals surface area contributed by atoms with Crippen molar-refractivity contribution in [3.63, 3.8) is 0 Å². The summed E-state index contributed by atoms with van der Waals surface area (Å²) in [4.78, 5) is 0. The van der Waals surface area contributed by atoms with Crippen LogP contribution in [-0.2, 0) is 13.1 Å². The van der Waals surface area contributed by atoms with Crippen LogP contribution in [0.25, 0.3) is 0 Å². The Morgan fingerprint density at radius 3 is 2.81 bits per heavy atom. The van der Waals surface area contributed by atoms with Gasteiger partial charge in [-0.2, -0.15) is 5.10 Å². The van der Waals surface area contributed by atoms with Gasteiger partial charge in [-0.25, -0.2) is 0 Å². The summed E-state index contributed by atoms with van der Waals surface area (Å²) in [5.74, 6) is 0. The van der Waals surface area contributed by atoms with Crippen molar-refractivity contribution in [1.29, 1.82) is 0 Å². The zero-order chi connectivity index (χ0) is 11.5. The summed E-state index contributed by atoms with van der Waals surface area (Å²) >= 11 is 6.17.